The molecule has 0 spiro atoms. The first-order chi connectivity index (χ1) is 6.77. The highest BCUT2D eigenvalue weighted by atomic mass is 79.9. The lowest BCUT2D eigenvalue weighted by Gasteiger charge is -2.06. The van der Waals surface area contributed by atoms with Crippen LogP contribution in [0, 0.1) is 5.82 Å². The van der Waals surface area contributed by atoms with Gasteiger partial charge in [-0.05, 0) is 12.1 Å². The van der Waals surface area contributed by atoms with Crippen LogP contribution < -0.4 is 4.74 Å². The van der Waals surface area contributed by atoms with Gasteiger partial charge in [0.2, 0.25) is 0 Å². The number of hydrogen-bond donors (Lipinski definition) is 0. The van der Waals surface area contributed by atoms with Crippen molar-refractivity contribution in [3.63, 3.8) is 0 Å². The van der Waals surface area contributed by atoms with Crippen molar-refractivity contribution >= 4 is 37.4 Å². The Morgan fingerprint density at radius 2 is 2.29 bits per heavy atom. The quantitative estimate of drug-likeness (QED) is 0.754. The number of ether oxygens (including phenoxy) is 1. The lowest BCUT2D eigenvalue weighted by molar-refractivity contribution is 0.412. The Labute approximate surface area is 93.6 Å². The van der Waals surface area contributed by atoms with Crippen LogP contribution in [0.4, 0.5) is 4.39 Å². The van der Waals surface area contributed by atoms with Crippen LogP contribution in [0.1, 0.15) is 5.56 Å². The van der Waals surface area contributed by atoms with Crippen molar-refractivity contribution < 1.29 is 9.13 Å². The van der Waals surface area contributed by atoms with Crippen LogP contribution in [-0.4, -0.2) is 7.11 Å². The highest BCUT2D eigenvalue weighted by molar-refractivity contribution is 9.08. The zero-order valence-electron chi connectivity index (χ0n) is 7.51. The van der Waals surface area contributed by atoms with Gasteiger partial charge in [-0.25, -0.2) is 4.39 Å². The van der Waals surface area contributed by atoms with Crippen LogP contribution in [-0.2, 0) is 5.33 Å². The molecule has 0 saturated heterocycles. The molecular weight excluding hydrogens is 267 g/mol. The number of fused-ring (bicyclic) bond motifs is 1. The van der Waals surface area contributed by atoms with Crippen LogP contribution in [0.5, 0.6) is 5.75 Å². The summed E-state index contributed by atoms with van der Waals surface area (Å²) in [6, 6.07) is 3.56. The van der Waals surface area contributed by atoms with Gasteiger partial charge in [-0.1, -0.05) is 15.9 Å². The largest absolute Gasteiger partial charge is 0.496 e. The number of alkyl halides is 1. The van der Waals surface area contributed by atoms with Crippen LogP contribution >= 0.6 is 27.3 Å². The molecule has 0 aliphatic carbocycles. The SMILES string of the molecule is COc1ccc2c(F)csc2c1CBr. The van der Waals surface area contributed by atoms with E-state index in [1.807, 2.05) is 0 Å². The predicted octanol–water partition coefficient (Wildman–Crippen LogP) is 3.94. The number of halogens is 2. The molecule has 0 aliphatic heterocycles. The average molecular weight is 275 g/mol. The number of rotatable bonds is 2. The van der Waals surface area contributed by atoms with E-state index in [9.17, 15) is 4.39 Å². The molecule has 4 heteroatoms. The Hall–Kier alpha value is -0.610. The Morgan fingerprint density at radius 3 is 2.93 bits per heavy atom. The maximum absolute atomic E-state index is 13.3. The van der Waals surface area contributed by atoms with E-state index in [4.69, 9.17) is 4.74 Å². The first-order valence-electron chi connectivity index (χ1n) is 4.06. The molecule has 0 bridgehead atoms. The van der Waals surface area contributed by atoms with Crippen molar-refractivity contribution in [2.45, 2.75) is 5.33 Å². The first kappa shape index (κ1) is 9.93. The van der Waals surface area contributed by atoms with E-state index in [-0.39, 0.29) is 5.82 Å². The molecule has 0 N–H and O–H groups in total. The van der Waals surface area contributed by atoms with E-state index in [1.54, 1.807) is 19.2 Å². The molecule has 14 heavy (non-hydrogen) atoms. The Kier molecular flexibility index (Phi) is 2.74. The van der Waals surface area contributed by atoms with Gasteiger partial charge >= 0.3 is 0 Å². The second-order valence-corrected chi connectivity index (χ2v) is 4.28. The summed E-state index contributed by atoms with van der Waals surface area (Å²) in [6.07, 6.45) is 0. The summed E-state index contributed by atoms with van der Waals surface area (Å²) in [7, 11) is 1.62. The monoisotopic (exact) mass is 274 g/mol. The molecule has 0 radical (unpaired) electrons. The first-order valence-corrected chi connectivity index (χ1v) is 6.06. The van der Waals surface area contributed by atoms with Gasteiger partial charge in [0, 0.05) is 26.4 Å². The minimum Gasteiger partial charge on any atom is -0.496 e. The van der Waals surface area contributed by atoms with Crippen molar-refractivity contribution in [2.24, 2.45) is 0 Å². The van der Waals surface area contributed by atoms with Gasteiger partial charge in [0.1, 0.15) is 11.6 Å². The van der Waals surface area contributed by atoms with E-state index >= 15 is 0 Å². The van der Waals surface area contributed by atoms with Gasteiger partial charge in [0.05, 0.1) is 7.11 Å². The fourth-order valence-electron chi connectivity index (χ4n) is 1.42. The van der Waals surface area contributed by atoms with E-state index in [1.165, 1.54) is 16.7 Å². The molecule has 1 nitrogen and oxygen atoms in total. The fourth-order valence-corrected chi connectivity index (χ4v) is 3.12. The van der Waals surface area contributed by atoms with Gasteiger partial charge in [-0.15, -0.1) is 11.3 Å². The highest BCUT2D eigenvalue weighted by Crippen LogP contribution is 2.35. The molecule has 1 heterocycles. The summed E-state index contributed by atoms with van der Waals surface area (Å²) in [5, 5.41) is 2.87. The second-order valence-electron chi connectivity index (χ2n) is 2.84. The van der Waals surface area contributed by atoms with Gasteiger partial charge in [0.15, 0.2) is 0 Å². The van der Waals surface area contributed by atoms with Gasteiger partial charge < -0.3 is 4.74 Å². The molecular formula is C10H8BrFOS. The summed E-state index contributed by atoms with van der Waals surface area (Å²) >= 11 is 4.79. The molecule has 1 aromatic heterocycles. The van der Waals surface area contributed by atoms with Crippen LogP contribution in [0.3, 0.4) is 0 Å². The number of benzene rings is 1. The molecule has 74 valence electrons. The van der Waals surface area contributed by atoms with Gasteiger partial charge in [-0.3, -0.25) is 0 Å². The summed E-state index contributed by atoms with van der Waals surface area (Å²) in [5.41, 5.74) is 1.01. The molecule has 0 aliphatic rings. The van der Waals surface area contributed by atoms with Gasteiger partial charge in [0.25, 0.3) is 0 Å². The lowest BCUT2D eigenvalue weighted by atomic mass is 10.1. The Bertz CT molecular complexity index is 466. The minimum atomic E-state index is -0.158. The molecule has 0 unspecified atom stereocenters. The van der Waals surface area contributed by atoms with Crippen molar-refractivity contribution in [1.29, 1.82) is 0 Å². The number of thiophene rings is 1. The third kappa shape index (κ3) is 1.42. The lowest BCUT2D eigenvalue weighted by Crippen LogP contribution is -1.89. The second kappa shape index (κ2) is 3.87. The average Bonchev–Trinajstić information content (AvgIpc) is 2.59. The van der Waals surface area contributed by atoms with Crippen molar-refractivity contribution in [1.82, 2.24) is 0 Å². The summed E-state index contributed by atoms with van der Waals surface area (Å²) in [4.78, 5) is 0. The maximum Gasteiger partial charge on any atom is 0.141 e. The van der Waals surface area contributed by atoms with Gasteiger partial charge in [-0.2, -0.15) is 0 Å². The van der Waals surface area contributed by atoms with E-state index in [0.717, 1.165) is 16.0 Å². The number of hydrogen-bond acceptors (Lipinski definition) is 2. The van der Waals surface area contributed by atoms with E-state index in [2.05, 4.69) is 15.9 Å². The van der Waals surface area contributed by atoms with Crippen molar-refractivity contribution in [3.8, 4) is 5.75 Å². The zero-order valence-corrected chi connectivity index (χ0v) is 9.91. The maximum atomic E-state index is 13.3. The molecule has 1 aromatic carbocycles. The molecule has 0 fully saturated rings. The molecule has 2 rings (SSSR count). The van der Waals surface area contributed by atoms with E-state index in [0.29, 0.717) is 10.7 Å². The minimum absolute atomic E-state index is 0.158. The van der Waals surface area contributed by atoms with Crippen LogP contribution in [0.2, 0.25) is 0 Å². The molecule has 0 atom stereocenters. The third-order valence-electron chi connectivity index (χ3n) is 2.11. The smallest absolute Gasteiger partial charge is 0.141 e. The van der Waals surface area contributed by atoms with Crippen molar-refractivity contribution in [3.05, 3.63) is 28.9 Å². The molecule has 2 aromatic rings. The molecule has 0 amide bonds. The van der Waals surface area contributed by atoms with Crippen LogP contribution in [0.25, 0.3) is 10.1 Å². The summed E-state index contributed by atoms with van der Waals surface area (Å²) in [6.45, 7) is 0. The van der Waals surface area contributed by atoms with Crippen molar-refractivity contribution in [2.75, 3.05) is 7.11 Å². The molecule has 0 saturated carbocycles. The van der Waals surface area contributed by atoms with E-state index < -0.39 is 0 Å². The Morgan fingerprint density at radius 1 is 1.50 bits per heavy atom. The zero-order chi connectivity index (χ0) is 10.1. The Balaban J connectivity index is 2.77. The summed E-state index contributed by atoms with van der Waals surface area (Å²) < 4.78 is 19.4. The topological polar surface area (TPSA) is 9.23 Å². The standard InChI is InChI=1S/C10H8BrFOS/c1-13-9-3-2-6-8(12)5-14-10(6)7(9)4-11/h2-3,5H,4H2,1H3. The summed E-state index contributed by atoms with van der Waals surface area (Å²) in [5.74, 6) is 0.645. The predicted molar refractivity (Wildman–Crippen MR) is 61.0 cm³/mol. The van der Waals surface area contributed by atoms with Crippen LogP contribution in [0.15, 0.2) is 17.5 Å². The fraction of sp³-hybridized carbons (Fsp3) is 0.200. The normalized spacial score (nSPS) is 10.8. The number of methoxy groups -OCH3 is 1. The third-order valence-corrected chi connectivity index (χ3v) is 3.70. The highest BCUT2D eigenvalue weighted by Gasteiger charge is 2.11.